The Morgan fingerprint density at radius 1 is 1.15 bits per heavy atom. The van der Waals surface area contributed by atoms with Gasteiger partial charge in [-0.05, 0) is 51.9 Å². The van der Waals surface area contributed by atoms with Gasteiger partial charge in [0.25, 0.3) is 5.91 Å². The van der Waals surface area contributed by atoms with Crippen molar-refractivity contribution in [3.63, 3.8) is 0 Å². The van der Waals surface area contributed by atoms with Crippen molar-refractivity contribution in [3.05, 3.63) is 41.4 Å². The molecule has 3 aliphatic heterocycles. The summed E-state index contributed by atoms with van der Waals surface area (Å²) < 4.78 is 64.4. The van der Waals surface area contributed by atoms with Gasteiger partial charge in [-0.3, -0.25) is 4.79 Å². The summed E-state index contributed by atoms with van der Waals surface area (Å²) in [6.45, 7) is 4.12. The van der Waals surface area contributed by atoms with E-state index in [1.165, 1.54) is 12.4 Å². The van der Waals surface area contributed by atoms with Crippen LogP contribution < -0.4 is 10.6 Å². The van der Waals surface area contributed by atoms with Crippen molar-refractivity contribution in [2.75, 3.05) is 38.2 Å². The molecule has 1 aliphatic carbocycles. The molecule has 41 heavy (non-hydrogen) atoms. The third kappa shape index (κ3) is 7.45. The molecule has 3 saturated heterocycles. The second-order valence-electron chi connectivity index (χ2n) is 11.4. The molecule has 8 nitrogen and oxygen atoms in total. The van der Waals surface area contributed by atoms with Crippen molar-refractivity contribution in [2.45, 2.75) is 88.5 Å². The molecule has 3 unspecified atom stereocenters. The summed E-state index contributed by atoms with van der Waals surface area (Å²) in [4.78, 5) is 23.8. The minimum atomic E-state index is -4.32. The number of rotatable bonds is 7. The number of hydrogen-bond acceptors (Lipinski definition) is 7. The second kappa shape index (κ2) is 13.2. The lowest BCUT2D eigenvalue weighted by atomic mass is 9.87. The fourth-order valence-corrected chi connectivity index (χ4v) is 6.17. The highest BCUT2D eigenvalue weighted by Gasteiger charge is 2.36. The Morgan fingerprint density at radius 3 is 2.66 bits per heavy atom. The zero-order chi connectivity index (χ0) is 29.0. The summed E-state index contributed by atoms with van der Waals surface area (Å²) in [5.74, 6) is 0.336. The van der Waals surface area contributed by atoms with Gasteiger partial charge >= 0.3 is 6.18 Å². The Hall–Kier alpha value is -2.57. The number of ether oxygens (including phenoxy) is 2. The van der Waals surface area contributed by atoms with Gasteiger partial charge < -0.3 is 25.0 Å². The van der Waals surface area contributed by atoms with Crippen LogP contribution in [0, 0.1) is 12.8 Å². The number of carbonyl (C=O) groups is 1. The number of carbonyl (C=O) groups excluding carboxylic acids is 1. The normalized spacial score (nSPS) is 29.7. The van der Waals surface area contributed by atoms with Gasteiger partial charge in [0.05, 0.1) is 24.4 Å². The first kappa shape index (κ1) is 29.9. The van der Waals surface area contributed by atoms with Crippen LogP contribution in [0.15, 0.2) is 30.1 Å². The van der Waals surface area contributed by atoms with Crippen molar-refractivity contribution in [1.82, 2.24) is 20.2 Å². The number of amides is 1. The largest absolute Gasteiger partial charge is 0.416 e. The fraction of sp³-hybridized carbons (Fsp3) is 0.690. The van der Waals surface area contributed by atoms with E-state index in [0.29, 0.717) is 56.2 Å². The smallest absolute Gasteiger partial charge is 0.378 e. The average Bonchev–Trinajstić information content (AvgIpc) is 2.98. The van der Waals surface area contributed by atoms with E-state index in [9.17, 15) is 22.4 Å². The van der Waals surface area contributed by atoms with Crippen LogP contribution >= 0.6 is 0 Å². The molecule has 5 rings (SSSR count). The summed E-state index contributed by atoms with van der Waals surface area (Å²) in [6, 6.07) is -0.0365. The van der Waals surface area contributed by atoms with E-state index in [4.69, 9.17) is 9.47 Å². The molecule has 5 atom stereocenters. The molecular formula is C29H39F4N5O3. The monoisotopic (exact) mass is 581 g/mol. The van der Waals surface area contributed by atoms with Gasteiger partial charge in [0, 0.05) is 49.8 Å². The number of anilines is 1. The summed E-state index contributed by atoms with van der Waals surface area (Å²) in [6.07, 6.45) is 4.85. The van der Waals surface area contributed by atoms with Gasteiger partial charge in [-0.25, -0.2) is 14.4 Å². The zero-order valence-electron chi connectivity index (χ0n) is 23.3. The quantitative estimate of drug-likeness (QED) is 0.458. The molecule has 12 heteroatoms. The zero-order valence-corrected chi connectivity index (χ0v) is 23.3. The number of aromatic nitrogens is 2. The van der Waals surface area contributed by atoms with Gasteiger partial charge in [-0.15, -0.1) is 0 Å². The number of halogens is 4. The Balaban J connectivity index is 1.11. The van der Waals surface area contributed by atoms with Crippen molar-refractivity contribution in [2.24, 2.45) is 5.92 Å². The number of hydrogen-bond donors (Lipinski definition) is 2. The van der Waals surface area contributed by atoms with Crippen LogP contribution in [0.5, 0.6) is 0 Å². The minimum Gasteiger partial charge on any atom is -0.378 e. The Kier molecular flexibility index (Phi) is 9.60. The van der Waals surface area contributed by atoms with Crippen molar-refractivity contribution in [1.29, 1.82) is 0 Å². The molecule has 1 aromatic heterocycles. The molecule has 1 amide bonds. The van der Waals surface area contributed by atoms with Crippen molar-refractivity contribution >= 4 is 11.7 Å². The maximum absolute atomic E-state index is 14.1. The van der Waals surface area contributed by atoms with E-state index in [-0.39, 0.29) is 42.7 Å². The number of likely N-dealkylation sites (tertiary alicyclic amines) is 1. The summed E-state index contributed by atoms with van der Waals surface area (Å²) >= 11 is 0. The Morgan fingerprint density at radius 2 is 1.95 bits per heavy atom. The second-order valence-corrected chi connectivity index (χ2v) is 11.4. The first-order valence-corrected chi connectivity index (χ1v) is 14.6. The Bertz CT molecular complexity index is 1120. The number of nitrogens with one attached hydrogen (secondary N) is 2. The molecular weight excluding hydrogens is 542 g/mol. The van der Waals surface area contributed by atoms with Crippen LogP contribution in [-0.2, 0) is 9.47 Å². The SMILES string of the molecule is Cc1c(NC[C@H]2CCC[C@@H](C3C=CC(C(F)(F)F)=CC3)O2)ncnc1C(=O)N1CCC(NC2CCOCC2F)CC1. The number of alkyl halides is 4. The molecule has 3 fully saturated rings. The average molecular weight is 582 g/mol. The van der Waals surface area contributed by atoms with E-state index in [2.05, 4.69) is 20.6 Å². The maximum Gasteiger partial charge on any atom is 0.416 e. The van der Waals surface area contributed by atoms with Crippen molar-refractivity contribution < 1.29 is 31.8 Å². The van der Waals surface area contributed by atoms with Gasteiger partial charge in [-0.1, -0.05) is 18.2 Å². The molecule has 2 N–H and O–H groups in total. The summed E-state index contributed by atoms with van der Waals surface area (Å²) in [5, 5.41) is 6.72. The molecule has 4 aliphatic rings. The molecule has 0 spiro atoms. The lowest BCUT2D eigenvalue weighted by Gasteiger charge is -2.36. The highest BCUT2D eigenvalue weighted by Crippen LogP contribution is 2.35. The first-order valence-electron chi connectivity index (χ1n) is 14.6. The van der Waals surface area contributed by atoms with E-state index in [1.54, 1.807) is 11.0 Å². The van der Waals surface area contributed by atoms with Gasteiger partial charge in [0.2, 0.25) is 0 Å². The van der Waals surface area contributed by atoms with Crippen LogP contribution in [0.3, 0.4) is 0 Å². The Labute approximate surface area is 238 Å². The summed E-state index contributed by atoms with van der Waals surface area (Å²) in [7, 11) is 0. The molecule has 226 valence electrons. The highest BCUT2D eigenvalue weighted by atomic mass is 19.4. The van der Waals surface area contributed by atoms with Gasteiger partial charge in [0.1, 0.15) is 24.0 Å². The number of piperidine rings is 1. The molecule has 0 saturated carbocycles. The van der Waals surface area contributed by atoms with Crippen LogP contribution in [0.25, 0.3) is 0 Å². The van der Waals surface area contributed by atoms with Gasteiger partial charge in [-0.2, -0.15) is 13.2 Å². The van der Waals surface area contributed by atoms with E-state index >= 15 is 0 Å². The van der Waals surface area contributed by atoms with Gasteiger partial charge in [0.15, 0.2) is 0 Å². The number of allylic oxidation sites excluding steroid dienone is 3. The lowest BCUT2D eigenvalue weighted by molar-refractivity contribution is -0.0899. The third-order valence-corrected chi connectivity index (χ3v) is 8.62. The molecule has 1 aromatic rings. The fourth-order valence-electron chi connectivity index (χ4n) is 6.17. The maximum atomic E-state index is 14.1. The van der Waals surface area contributed by atoms with E-state index in [1.807, 2.05) is 6.92 Å². The summed E-state index contributed by atoms with van der Waals surface area (Å²) in [5.41, 5.74) is 0.412. The van der Waals surface area contributed by atoms with E-state index in [0.717, 1.165) is 38.2 Å². The molecule has 0 bridgehead atoms. The minimum absolute atomic E-state index is 0.0802. The van der Waals surface area contributed by atoms with Crippen LogP contribution in [0.2, 0.25) is 0 Å². The first-order chi connectivity index (χ1) is 19.7. The highest BCUT2D eigenvalue weighted by molar-refractivity contribution is 5.94. The van der Waals surface area contributed by atoms with E-state index < -0.39 is 17.9 Å². The standard InChI is InChI=1S/C29H39F4N5O3/c1-18-26(28(39)38-12-9-21(10-13-38)37-24-11-14-40-16-23(24)30)35-17-36-27(18)34-15-22-3-2-4-25(41-22)19-5-7-20(8-6-19)29(31,32)33/h5,7-8,17,19,21-25,37H,2-4,6,9-16H2,1H3,(H,34,35,36)/t19?,22-,23?,24?,25+/m1/s1. The number of nitrogens with zero attached hydrogens (tertiary/aromatic N) is 3. The predicted octanol–water partition coefficient (Wildman–Crippen LogP) is 4.52. The topological polar surface area (TPSA) is 88.6 Å². The predicted molar refractivity (Wildman–Crippen MR) is 145 cm³/mol. The van der Waals surface area contributed by atoms with Crippen LogP contribution in [-0.4, -0.2) is 90.3 Å². The lowest BCUT2D eigenvalue weighted by Crippen LogP contribution is -2.52. The molecule has 0 aromatic carbocycles. The van der Waals surface area contributed by atoms with Crippen molar-refractivity contribution in [3.8, 4) is 0 Å². The molecule has 0 radical (unpaired) electrons. The third-order valence-electron chi connectivity index (χ3n) is 8.62. The van der Waals surface area contributed by atoms with Crippen LogP contribution in [0.4, 0.5) is 23.4 Å². The molecule has 4 heterocycles. The van der Waals surface area contributed by atoms with Crippen LogP contribution in [0.1, 0.15) is 61.0 Å².